The average Bonchev–Trinajstić information content (AvgIpc) is 2.38. The number of oxazole rings is 1. The Morgan fingerprint density at radius 2 is 2.40 bits per heavy atom. The Hall–Kier alpha value is -1.05. The Labute approximate surface area is 60.6 Å². The first-order chi connectivity index (χ1) is 4.67. The van der Waals surface area contributed by atoms with Crippen LogP contribution in [0.3, 0.4) is 0 Å². The molecule has 1 heterocycles. The lowest BCUT2D eigenvalue weighted by molar-refractivity contribution is 0.436. The van der Waals surface area contributed by atoms with Crippen LogP contribution in [-0.4, -0.2) is 4.98 Å². The number of aromatic nitrogens is 1. The molecule has 1 aromatic rings. The standard InChI is InChI=1S/C8H11NO/c1-4-8(2,3)7-5-9-6-10-7/h4-6H,1H2,2-3H3. The number of nitrogens with zero attached hydrogens (tertiary/aromatic N) is 1. The van der Waals surface area contributed by atoms with Crippen molar-refractivity contribution < 1.29 is 4.42 Å². The van der Waals surface area contributed by atoms with Gasteiger partial charge >= 0.3 is 0 Å². The van der Waals surface area contributed by atoms with Gasteiger partial charge < -0.3 is 4.42 Å². The van der Waals surface area contributed by atoms with Crippen LogP contribution in [0.5, 0.6) is 0 Å². The molecule has 0 spiro atoms. The Morgan fingerprint density at radius 3 is 2.80 bits per heavy atom. The third kappa shape index (κ3) is 1.10. The lowest BCUT2D eigenvalue weighted by atomic mass is 9.91. The van der Waals surface area contributed by atoms with Crippen molar-refractivity contribution in [3.8, 4) is 0 Å². The van der Waals surface area contributed by atoms with E-state index in [1.54, 1.807) is 6.20 Å². The Balaban J connectivity index is 2.95. The molecule has 1 rings (SSSR count). The molecule has 0 amide bonds. The van der Waals surface area contributed by atoms with Crippen LogP contribution in [0.25, 0.3) is 0 Å². The van der Waals surface area contributed by atoms with E-state index in [2.05, 4.69) is 11.6 Å². The fraction of sp³-hybridized carbons (Fsp3) is 0.375. The minimum absolute atomic E-state index is 0.101. The minimum Gasteiger partial charge on any atom is -0.448 e. The van der Waals surface area contributed by atoms with Crippen LogP contribution in [0.2, 0.25) is 0 Å². The van der Waals surface area contributed by atoms with Gasteiger partial charge in [0.25, 0.3) is 0 Å². The van der Waals surface area contributed by atoms with Crippen LogP contribution in [0, 0.1) is 0 Å². The summed E-state index contributed by atoms with van der Waals surface area (Å²) in [5.74, 6) is 0.850. The number of hydrogen-bond donors (Lipinski definition) is 0. The van der Waals surface area contributed by atoms with Crippen molar-refractivity contribution in [1.29, 1.82) is 0 Å². The van der Waals surface area contributed by atoms with E-state index in [0.29, 0.717) is 0 Å². The van der Waals surface area contributed by atoms with Gasteiger partial charge in [-0.25, -0.2) is 4.98 Å². The summed E-state index contributed by atoms with van der Waals surface area (Å²) >= 11 is 0. The van der Waals surface area contributed by atoms with E-state index in [9.17, 15) is 0 Å². The van der Waals surface area contributed by atoms with E-state index in [-0.39, 0.29) is 5.41 Å². The monoisotopic (exact) mass is 137 g/mol. The van der Waals surface area contributed by atoms with Crippen LogP contribution >= 0.6 is 0 Å². The molecule has 0 aliphatic rings. The highest BCUT2D eigenvalue weighted by molar-refractivity contribution is 5.14. The van der Waals surface area contributed by atoms with Crippen LogP contribution in [0.1, 0.15) is 19.6 Å². The topological polar surface area (TPSA) is 26.0 Å². The van der Waals surface area contributed by atoms with Crippen molar-refractivity contribution in [1.82, 2.24) is 4.98 Å². The number of rotatable bonds is 2. The number of allylic oxidation sites excluding steroid dienone is 1. The third-order valence-electron chi connectivity index (χ3n) is 1.58. The fourth-order valence-electron chi connectivity index (χ4n) is 0.635. The summed E-state index contributed by atoms with van der Waals surface area (Å²) in [4.78, 5) is 3.82. The number of hydrogen-bond acceptors (Lipinski definition) is 2. The van der Waals surface area contributed by atoms with E-state index in [1.807, 2.05) is 19.9 Å². The van der Waals surface area contributed by atoms with Gasteiger partial charge in [-0.3, -0.25) is 0 Å². The molecule has 2 nitrogen and oxygen atoms in total. The van der Waals surface area contributed by atoms with Gasteiger partial charge in [-0.1, -0.05) is 6.08 Å². The zero-order valence-corrected chi connectivity index (χ0v) is 6.29. The van der Waals surface area contributed by atoms with Gasteiger partial charge in [-0.2, -0.15) is 0 Å². The van der Waals surface area contributed by atoms with Gasteiger partial charge in [0.2, 0.25) is 0 Å². The van der Waals surface area contributed by atoms with E-state index >= 15 is 0 Å². The van der Waals surface area contributed by atoms with Crippen molar-refractivity contribution >= 4 is 0 Å². The molecule has 0 saturated carbocycles. The maximum atomic E-state index is 5.11. The Kier molecular flexibility index (Phi) is 1.62. The van der Waals surface area contributed by atoms with E-state index < -0.39 is 0 Å². The molecule has 0 unspecified atom stereocenters. The third-order valence-corrected chi connectivity index (χ3v) is 1.58. The zero-order chi connectivity index (χ0) is 7.61. The van der Waals surface area contributed by atoms with Crippen LogP contribution in [0.4, 0.5) is 0 Å². The quantitative estimate of drug-likeness (QED) is 0.583. The molecular formula is C8H11NO. The molecular weight excluding hydrogens is 126 g/mol. The molecule has 0 atom stereocenters. The summed E-state index contributed by atoms with van der Waals surface area (Å²) in [5, 5.41) is 0. The van der Waals surface area contributed by atoms with Crippen molar-refractivity contribution in [2.24, 2.45) is 0 Å². The first kappa shape index (κ1) is 7.06. The van der Waals surface area contributed by atoms with Crippen molar-refractivity contribution in [2.45, 2.75) is 19.3 Å². The summed E-state index contributed by atoms with van der Waals surface area (Å²) in [5.41, 5.74) is -0.101. The van der Waals surface area contributed by atoms with Crippen LogP contribution < -0.4 is 0 Å². The molecule has 2 heteroatoms. The van der Waals surface area contributed by atoms with Gasteiger partial charge in [0, 0.05) is 5.41 Å². The lowest BCUT2D eigenvalue weighted by Crippen LogP contribution is -2.11. The molecule has 54 valence electrons. The SMILES string of the molecule is C=CC(C)(C)c1cnco1. The molecule has 0 N–H and O–H groups in total. The summed E-state index contributed by atoms with van der Waals surface area (Å²) in [6, 6.07) is 0. The molecule has 0 aliphatic carbocycles. The van der Waals surface area contributed by atoms with Crippen molar-refractivity contribution in [3.05, 3.63) is 31.0 Å². The Morgan fingerprint density at radius 1 is 1.70 bits per heavy atom. The van der Waals surface area contributed by atoms with Gasteiger partial charge in [0.05, 0.1) is 6.20 Å². The van der Waals surface area contributed by atoms with Gasteiger partial charge in [0.15, 0.2) is 6.39 Å². The summed E-state index contributed by atoms with van der Waals surface area (Å²) in [6.07, 6.45) is 4.98. The zero-order valence-electron chi connectivity index (χ0n) is 6.29. The van der Waals surface area contributed by atoms with Crippen molar-refractivity contribution in [3.63, 3.8) is 0 Å². The molecule has 0 fully saturated rings. The van der Waals surface area contributed by atoms with Crippen LogP contribution in [-0.2, 0) is 5.41 Å². The smallest absolute Gasteiger partial charge is 0.180 e. The fourth-order valence-corrected chi connectivity index (χ4v) is 0.635. The normalized spacial score (nSPS) is 11.4. The molecule has 0 radical (unpaired) electrons. The molecule has 10 heavy (non-hydrogen) atoms. The maximum absolute atomic E-state index is 5.11. The highest BCUT2D eigenvalue weighted by Gasteiger charge is 2.18. The predicted molar refractivity (Wildman–Crippen MR) is 39.7 cm³/mol. The van der Waals surface area contributed by atoms with E-state index in [0.717, 1.165) is 5.76 Å². The van der Waals surface area contributed by atoms with E-state index in [4.69, 9.17) is 4.42 Å². The predicted octanol–water partition coefficient (Wildman–Crippen LogP) is 2.14. The second-order valence-corrected chi connectivity index (χ2v) is 2.79. The first-order valence-corrected chi connectivity index (χ1v) is 3.19. The molecule has 1 aromatic heterocycles. The van der Waals surface area contributed by atoms with Gasteiger partial charge in [0.1, 0.15) is 5.76 Å². The average molecular weight is 137 g/mol. The highest BCUT2D eigenvalue weighted by Crippen LogP contribution is 2.22. The molecule has 0 saturated heterocycles. The first-order valence-electron chi connectivity index (χ1n) is 3.19. The van der Waals surface area contributed by atoms with E-state index in [1.165, 1.54) is 6.39 Å². The second kappa shape index (κ2) is 2.29. The van der Waals surface area contributed by atoms with Crippen LogP contribution in [0.15, 0.2) is 29.7 Å². The van der Waals surface area contributed by atoms with Crippen molar-refractivity contribution in [2.75, 3.05) is 0 Å². The maximum Gasteiger partial charge on any atom is 0.180 e. The summed E-state index contributed by atoms with van der Waals surface area (Å²) in [6.45, 7) is 7.76. The summed E-state index contributed by atoms with van der Waals surface area (Å²) in [7, 11) is 0. The van der Waals surface area contributed by atoms with Gasteiger partial charge in [-0.05, 0) is 13.8 Å². The van der Waals surface area contributed by atoms with Gasteiger partial charge in [-0.15, -0.1) is 6.58 Å². The largest absolute Gasteiger partial charge is 0.448 e. The lowest BCUT2D eigenvalue weighted by Gasteiger charge is -2.14. The summed E-state index contributed by atoms with van der Waals surface area (Å²) < 4.78 is 5.11. The molecule has 0 aliphatic heterocycles. The molecule has 0 bridgehead atoms. The highest BCUT2D eigenvalue weighted by atomic mass is 16.3. The second-order valence-electron chi connectivity index (χ2n) is 2.79. The Bertz CT molecular complexity index is 211. The molecule has 0 aromatic carbocycles. The minimum atomic E-state index is -0.101.